The van der Waals surface area contributed by atoms with Crippen molar-refractivity contribution in [3.05, 3.63) is 53.9 Å². The van der Waals surface area contributed by atoms with Crippen molar-refractivity contribution < 1.29 is 23.5 Å². The van der Waals surface area contributed by atoms with Crippen molar-refractivity contribution in [3.8, 4) is 0 Å². The first kappa shape index (κ1) is 14.4. The van der Waals surface area contributed by atoms with Gasteiger partial charge in [-0.2, -0.15) is 0 Å². The minimum Gasteiger partial charge on any atom is -0.476 e. The number of halogens is 2. The van der Waals surface area contributed by atoms with E-state index < -0.39 is 23.6 Å². The smallest absolute Gasteiger partial charge is 0.356 e. The number of aromatic nitrogens is 1. The van der Waals surface area contributed by atoms with Gasteiger partial charge in [-0.25, -0.2) is 23.4 Å². The van der Waals surface area contributed by atoms with E-state index in [1.165, 1.54) is 24.4 Å². The molecule has 0 aliphatic carbocycles. The molecule has 8 heteroatoms. The van der Waals surface area contributed by atoms with Crippen LogP contribution in [0.4, 0.5) is 25.0 Å². The Kier molecular flexibility index (Phi) is 4.07. The van der Waals surface area contributed by atoms with Gasteiger partial charge in [0.05, 0.1) is 5.69 Å². The summed E-state index contributed by atoms with van der Waals surface area (Å²) >= 11 is 0. The van der Waals surface area contributed by atoms with E-state index >= 15 is 0 Å². The maximum atomic E-state index is 13.0. The topological polar surface area (TPSA) is 91.3 Å². The first-order valence-electron chi connectivity index (χ1n) is 5.69. The number of pyridine rings is 1. The zero-order valence-electron chi connectivity index (χ0n) is 10.4. The normalized spacial score (nSPS) is 10.0. The van der Waals surface area contributed by atoms with Crippen LogP contribution >= 0.6 is 0 Å². The Balaban J connectivity index is 2.12. The lowest BCUT2D eigenvalue weighted by Gasteiger charge is -2.09. The second-order valence-corrected chi connectivity index (χ2v) is 3.91. The summed E-state index contributed by atoms with van der Waals surface area (Å²) in [5.41, 5.74) is -0.338. The summed E-state index contributed by atoms with van der Waals surface area (Å²) in [7, 11) is 0. The van der Waals surface area contributed by atoms with Crippen LogP contribution in [0.25, 0.3) is 0 Å². The molecule has 0 fully saturated rings. The fraction of sp³-hybridized carbons (Fsp3) is 0. The van der Waals surface area contributed by atoms with E-state index in [9.17, 15) is 18.4 Å². The summed E-state index contributed by atoms with van der Waals surface area (Å²) in [4.78, 5) is 26.2. The van der Waals surface area contributed by atoms with E-state index in [0.29, 0.717) is 0 Å². The lowest BCUT2D eigenvalue weighted by Crippen LogP contribution is -2.21. The molecule has 0 saturated carbocycles. The number of nitrogens with zero attached hydrogens (tertiary/aromatic N) is 1. The molecule has 0 spiro atoms. The molecule has 2 rings (SSSR count). The molecule has 2 aromatic rings. The summed E-state index contributed by atoms with van der Waals surface area (Å²) in [5, 5.41) is 13.4. The highest BCUT2D eigenvalue weighted by molar-refractivity contribution is 6.03. The molecule has 0 bridgehead atoms. The second-order valence-electron chi connectivity index (χ2n) is 3.91. The fourth-order valence-electron chi connectivity index (χ4n) is 1.54. The first-order valence-corrected chi connectivity index (χ1v) is 5.69. The predicted octanol–water partition coefficient (Wildman–Crippen LogP) is 2.70. The summed E-state index contributed by atoms with van der Waals surface area (Å²) in [5.74, 6) is -3.46. The maximum Gasteiger partial charge on any atom is 0.356 e. The van der Waals surface area contributed by atoms with Crippen molar-refractivity contribution >= 4 is 23.4 Å². The zero-order chi connectivity index (χ0) is 15.4. The average Bonchev–Trinajstić information content (AvgIpc) is 2.43. The Labute approximate surface area is 117 Å². The number of anilines is 2. The van der Waals surface area contributed by atoms with Gasteiger partial charge in [-0.05, 0) is 24.3 Å². The van der Waals surface area contributed by atoms with Crippen LogP contribution in [0.1, 0.15) is 10.5 Å². The SMILES string of the molecule is O=C(Nc1ccc(F)c(F)c1)Nc1cccnc1C(=O)O. The Morgan fingerprint density at radius 2 is 1.86 bits per heavy atom. The van der Waals surface area contributed by atoms with Crippen LogP contribution in [0, 0.1) is 11.6 Å². The van der Waals surface area contributed by atoms with Crippen LogP contribution in [-0.4, -0.2) is 22.1 Å². The van der Waals surface area contributed by atoms with E-state index in [2.05, 4.69) is 15.6 Å². The number of benzene rings is 1. The third-order valence-corrected chi connectivity index (χ3v) is 2.44. The van der Waals surface area contributed by atoms with Crippen molar-refractivity contribution in [2.45, 2.75) is 0 Å². The molecule has 1 aromatic heterocycles. The predicted molar refractivity (Wildman–Crippen MR) is 70.2 cm³/mol. The van der Waals surface area contributed by atoms with Gasteiger partial charge < -0.3 is 15.7 Å². The third kappa shape index (κ3) is 3.50. The quantitative estimate of drug-likeness (QED) is 0.811. The van der Waals surface area contributed by atoms with E-state index in [-0.39, 0.29) is 17.1 Å². The molecule has 0 radical (unpaired) electrons. The monoisotopic (exact) mass is 293 g/mol. The minimum atomic E-state index is -1.31. The van der Waals surface area contributed by atoms with E-state index in [1.54, 1.807) is 0 Å². The molecule has 0 saturated heterocycles. The van der Waals surface area contributed by atoms with E-state index in [0.717, 1.165) is 12.1 Å². The Morgan fingerprint density at radius 3 is 2.52 bits per heavy atom. The van der Waals surface area contributed by atoms with Gasteiger partial charge in [-0.3, -0.25) is 0 Å². The van der Waals surface area contributed by atoms with Gasteiger partial charge >= 0.3 is 12.0 Å². The van der Waals surface area contributed by atoms with Crippen molar-refractivity contribution in [1.82, 2.24) is 4.98 Å². The minimum absolute atomic E-state index is 0.0205. The third-order valence-electron chi connectivity index (χ3n) is 2.44. The number of carbonyl (C=O) groups is 2. The van der Waals surface area contributed by atoms with Crippen LogP contribution in [-0.2, 0) is 0 Å². The molecule has 108 valence electrons. The molecule has 3 N–H and O–H groups in total. The first-order chi connectivity index (χ1) is 9.97. The van der Waals surface area contributed by atoms with Gasteiger partial charge in [0.1, 0.15) is 0 Å². The van der Waals surface area contributed by atoms with Crippen molar-refractivity contribution in [2.24, 2.45) is 0 Å². The molecular weight excluding hydrogens is 284 g/mol. The van der Waals surface area contributed by atoms with Crippen LogP contribution < -0.4 is 10.6 Å². The number of urea groups is 1. The Morgan fingerprint density at radius 1 is 1.10 bits per heavy atom. The highest BCUT2D eigenvalue weighted by Gasteiger charge is 2.13. The van der Waals surface area contributed by atoms with Gasteiger partial charge in [0.25, 0.3) is 0 Å². The van der Waals surface area contributed by atoms with Crippen LogP contribution in [0.5, 0.6) is 0 Å². The fourth-order valence-corrected chi connectivity index (χ4v) is 1.54. The number of carbonyl (C=O) groups excluding carboxylic acids is 1. The molecule has 6 nitrogen and oxygen atoms in total. The second kappa shape index (κ2) is 5.95. The highest BCUT2D eigenvalue weighted by Crippen LogP contribution is 2.15. The average molecular weight is 293 g/mol. The number of carboxylic acid groups (broad SMARTS) is 1. The number of carboxylic acids is 1. The van der Waals surface area contributed by atoms with Gasteiger partial charge in [0, 0.05) is 18.0 Å². The highest BCUT2D eigenvalue weighted by atomic mass is 19.2. The molecule has 1 aromatic carbocycles. The molecule has 21 heavy (non-hydrogen) atoms. The van der Waals surface area contributed by atoms with E-state index in [4.69, 9.17) is 5.11 Å². The lowest BCUT2D eigenvalue weighted by atomic mass is 10.3. The number of hydrogen-bond acceptors (Lipinski definition) is 3. The summed E-state index contributed by atoms with van der Waals surface area (Å²) in [6.07, 6.45) is 1.27. The number of aromatic carboxylic acids is 1. The Hall–Kier alpha value is -3.03. The molecular formula is C13H9F2N3O3. The number of amides is 2. The number of rotatable bonds is 3. The molecule has 0 aliphatic rings. The molecule has 0 unspecified atom stereocenters. The van der Waals surface area contributed by atoms with Gasteiger partial charge in [0.15, 0.2) is 17.3 Å². The number of nitrogens with one attached hydrogen (secondary N) is 2. The van der Waals surface area contributed by atoms with Gasteiger partial charge in [-0.1, -0.05) is 0 Å². The van der Waals surface area contributed by atoms with Crippen LogP contribution in [0.3, 0.4) is 0 Å². The van der Waals surface area contributed by atoms with Crippen molar-refractivity contribution in [1.29, 1.82) is 0 Å². The van der Waals surface area contributed by atoms with E-state index in [1.807, 2.05) is 0 Å². The summed E-state index contributed by atoms with van der Waals surface area (Å²) in [6.45, 7) is 0. The molecule has 1 heterocycles. The maximum absolute atomic E-state index is 13.0. The largest absolute Gasteiger partial charge is 0.476 e. The molecule has 0 atom stereocenters. The zero-order valence-corrected chi connectivity index (χ0v) is 10.4. The lowest BCUT2D eigenvalue weighted by molar-refractivity contribution is 0.0691. The molecule has 0 aliphatic heterocycles. The van der Waals surface area contributed by atoms with Gasteiger partial charge in [-0.15, -0.1) is 0 Å². The van der Waals surface area contributed by atoms with Gasteiger partial charge in [0.2, 0.25) is 0 Å². The van der Waals surface area contributed by atoms with Crippen molar-refractivity contribution in [2.75, 3.05) is 10.6 Å². The van der Waals surface area contributed by atoms with Crippen LogP contribution in [0.2, 0.25) is 0 Å². The summed E-state index contributed by atoms with van der Waals surface area (Å²) in [6, 6.07) is 4.81. The van der Waals surface area contributed by atoms with Crippen LogP contribution in [0.15, 0.2) is 36.5 Å². The number of hydrogen-bond donors (Lipinski definition) is 3. The summed E-state index contributed by atoms with van der Waals surface area (Å²) < 4.78 is 25.7. The Bertz CT molecular complexity index is 707. The standard InChI is InChI=1S/C13H9F2N3O3/c14-8-4-3-7(6-9(8)15)17-13(21)18-10-2-1-5-16-11(10)12(19)20/h1-6H,(H,19,20)(H2,17,18,21). The van der Waals surface area contributed by atoms with Crippen molar-refractivity contribution in [3.63, 3.8) is 0 Å². The molecule has 2 amide bonds.